The standard InChI is InChI=1S/C13H21NO2/c1-4-12(14-3)11-8-6-7-9-13(11)16-10-15-5-2/h6-9,12,14H,4-5,10H2,1-3H3. The van der Waals surface area contributed by atoms with Crippen LogP contribution in [0.3, 0.4) is 0 Å². The Labute approximate surface area is 97.8 Å². The van der Waals surface area contributed by atoms with E-state index in [4.69, 9.17) is 9.47 Å². The zero-order valence-electron chi connectivity index (χ0n) is 10.3. The molecule has 0 aliphatic heterocycles. The van der Waals surface area contributed by atoms with Gasteiger partial charge < -0.3 is 14.8 Å². The van der Waals surface area contributed by atoms with Crippen molar-refractivity contribution in [3.05, 3.63) is 29.8 Å². The van der Waals surface area contributed by atoms with Crippen molar-refractivity contribution in [1.29, 1.82) is 0 Å². The average Bonchev–Trinajstić information content (AvgIpc) is 2.33. The maximum Gasteiger partial charge on any atom is 0.189 e. The van der Waals surface area contributed by atoms with E-state index in [-0.39, 0.29) is 0 Å². The summed E-state index contributed by atoms with van der Waals surface area (Å²) in [5, 5.41) is 3.28. The first-order valence-corrected chi connectivity index (χ1v) is 5.80. The van der Waals surface area contributed by atoms with Gasteiger partial charge in [-0.15, -0.1) is 0 Å². The third-order valence-electron chi connectivity index (χ3n) is 2.55. The second-order valence-corrected chi connectivity index (χ2v) is 3.54. The van der Waals surface area contributed by atoms with Crippen LogP contribution >= 0.6 is 0 Å². The van der Waals surface area contributed by atoms with E-state index in [1.165, 1.54) is 5.56 Å². The fourth-order valence-electron chi connectivity index (χ4n) is 1.67. The Morgan fingerprint density at radius 3 is 2.62 bits per heavy atom. The van der Waals surface area contributed by atoms with E-state index >= 15 is 0 Å². The average molecular weight is 223 g/mol. The van der Waals surface area contributed by atoms with Crippen molar-refractivity contribution in [3.8, 4) is 5.75 Å². The normalized spacial score (nSPS) is 12.4. The number of rotatable bonds is 7. The third-order valence-corrected chi connectivity index (χ3v) is 2.55. The van der Waals surface area contributed by atoms with Crippen LogP contribution in [0.4, 0.5) is 0 Å². The van der Waals surface area contributed by atoms with Crippen LogP contribution in [0.1, 0.15) is 31.9 Å². The SMILES string of the molecule is CCOCOc1ccccc1C(CC)NC. The van der Waals surface area contributed by atoms with Crippen molar-refractivity contribution < 1.29 is 9.47 Å². The zero-order chi connectivity index (χ0) is 11.8. The molecule has 1 rings (SSSR count). The summed E-state index contributed by atoms with van der Waals surface area (Å²) in [6.07, 6.45) is 1.03. The minimum absolute atomic E-state index is 0.313. The summed E-state index contributed by atoms with van der Waals surface area (Å²) in [5.74, 6) is 0.900. The smallest absolute Gasteiger partial charge is 0.189 e. The molecule has 0 saturated heterocycles. The Morgan fingerprint density at radius 1 is 1.25 bits per heavy atom. The van der Waals surface area contributed by atoms with E-state index in [1.54, 1.807) is 0 Å². The van der Waals surface area contributed by atoms with E-state index in [1.807, 2.05) is 32.2 Å². The predicted molar refractivity (Wildman–Crippen MR) is 65.7 cm³/mol. The highest BCUT2D eigenvalue weighted by molar-refractivity contribution is 5.35. The van der Waals surface area contributed by atoms with Crippen molar-refractivity contribution in [2.45, 2.75) is 26.3 Å². The van der Waals surface area contributed by atoms with Crippen molar-refractivity contribution in [3.63, 3.8) is 0 Å². The fraction of sp³-hybridized carbons (Fsp3) is 0.538. The Balaban J connectivity index is 2.74. The molecule has 0 amide bonds. The molecule has 0 saturated carbocycles. The third kappa shape index (κ3) is 3.51. The summed E-state index contributed by atoms with van der Waals surface area (Å²) in [4.78, 5) is 0. The molecule has 0 aromatic heterocycles. The highest BCUT2D eigenvalue weighted by atomic mass is 16.7. The van der Waals surface area contributed by atoms with Gasteiger partial charge in [-0.05, 0) is 26.5 Å². The van der Waals surface area contributed by atoms with Gasteiger partial charge >= 0.3 is 0 Å². The molecule has 0 aliphatic carbocycles. The molecule has 0 radical (unpaired) electrons. The molecule has 90 valence electrons. The molecule has 3 heteroatoms. The maximum absolute atomic E-state index is 5.60. The lowest BCUT2D eigenvalue weighted by Gasteiger charge is -2.18. The van der Waals surface area contributed by atoms with Crippen LogP contribution in [0.25, 0.3) is 0 Å². The molecule has 1 N–H and O–H groups in total. The predicted octanol–water partition coefficient (Wildman–Crippen LogP) is 2.73. The van der Waals surface area contributed by atoms with Crippen molar-refractivity contribution >= 4 is 0 Å². The molecule has 3 nitrogen and oxygen atoms in total. The first-order valence-electron chi connectivity index (χ1n) is 5.80. The largest absolute Gasteiger partial charge is 0.467 e. The molecular weight excluding hydrogens is 202 g/mol. The summed E-state index contributed by atoms with van der Waals surface area (Å²) in [6, 6.07) is 8.41. The number of benzene rings is 1. The first kappa shape index (κ1) is 13.0. The Bertz CT molecular complexity index is 298. The second-order valence-electron chi connectivity index (χ2n) is 3.54. The van der Waals surface area contributed by atoms with Crippen LogP contribution in [0.5, 0.6) is 5.75 Å². The Hall–Kier alpha value is -1.06. The topological polar surface area (TPSA) is 30.5 Å². The highest BCUT2D eigenvalue weighted by Gasteiger charge is 2.11. The van der Waals surface area contributed by atoms with Gasteiger partial charge in [-0.25, -0.2) is 0 Å². The molecule has 0 spiro atoms. The summed E-state index contributed by atoms with van der Waals surface area (Å²) in [7, 11) is 1.97. The van der Waals surface area contributed by atoms with Crippen LogP contribution in [-0.4, -0.2) is 20.4 Å². The van der Waals surface area contributed by atoms with Gasteiger partial charge in [0.2, 0.25) is 0 Å². The van der Waals surface area contributed by atoms with Crippen LogP contribution in [0.2, 0.25) is 0 Å². The van der Waals surface area contributed by atoms with E-state index < -0.39 is 0 Å². The number of hydrogen-bond donors (Lipinski definition) is 1. The molecule has 1 atom stereocenters. The Kier molecular flexibility index (Phi) is 5.90. The molecule has 0 heterocycles. The lowest BCUT2D eigenvalue weighted by Crippen LogP contribution is -2.16. The minimum atomic E-state index is 0.313. The summed E-state index contributed by atoms with van der Waals surface area (Å²) >= 11 is 0. The number of hydrogen-bond acceptors (Lipinski definition) is 3. The number of ether oxygens (including phenoxy) is 2. The molecule has 1 aromatic rings. The van der Waals surface area contributed by atoms with Crippen LogP contribution in [-0.2, 0) is 4.74 Å². The first-order chi connectivity index (χ1) is 7.83. The van der Waals surface area contributed by atoms with Gasteiger partial charge in [0.25, 0.3) is 0 Å². The molecule has 1 aromatic carbocycles. The van der Waals surface area contributed by atoms with E-state index in [2.05, 4.69) is 18.3 Å². The van der Waals surface area contributed by atoms with Crippen LogP contribution < -0.4 is 10.1 Å². The van der Waals surface area contributed by atoms with E-state index in [0.717, 1.165) is 12.2 Å². The van der Waals surface area contributed by atoms with Gasteiger partial charge in [0.05, 0.1) is 0 Å². The molecular formula is C13H21NO2. The zero-order valence-corrected chi connectivity index (χ0v) is 10.3. The molecule has 1 unspecified atom stereocenters. The summed E-state index contributed by atoms with van der Waals surface area (Å²) < 4.78 is 10.8. The second kappa shape index (κ2) is 7.25. The highest BCUT2D eigenvalue weighted by Crippen LogP contribution is 2.26. The minimum Gasteiger partial charge on any atom is -0.467 e. The molecule has 0 fully saturated rings. The van der Waals surface area contributed by atoms with Gasteiger partial charge in [0.15, 0.2) is 6.79 Å². The number of para-hydroxylation sites is 1. The van der Waals surface area contributed by atoms with Crippen molar-refractivity contribution in [2.75, 3.05) is 20.4 Å². The number of nitrogens with one attached hydrogen (secondary N) is 1. The Morgan fingerprint density at radius 2 is 2.00 bits per heavy atom. The summed E-state index contributed by atoms with van der Waals surface area (Å²) in [6.45, 7) is 5.09. The lowest BCUT2D eigenvalue weighted by molar-refractivity contribution is 0.0215. The maximum atomic E-state index is 5.60. The van der Waals surface area contributed by atoms with Crippen LogP contribution in [0.15, 0.2) is 24.3 Å². The lowest BCUT2D eigenvalue weighted by atomic mass is 10.0. The molecule has 0 aliphatic rings. The van der Waals surface area contributed by atoms with E-state index in [9.17, 15) is 0 Å². The monoisotopic (exact) mass is 223 g/mol. The van der Waals surface area contributed by atoms with Gasteiger partial charge in [-0.3, -0.25) is 0 Å². The van der Waals surface area contributed by atoms with Crippen molar-refractivity contribution in [1.82, 2.24) is 5.32 Å². The van der Waals surface area contributed by atoms with E-state index in [0.29, 0.717) is 19.4 Å². The van der Waals surface area contributed by atoms with Gasteiger partial charge in [-0.2, -0.15) is 0 Å². The fourth-order valence-corrected chi connectivity index (χ4v) is 1.67. The molecule has 16 heavy (non-hydrogen) atoms. The van der Waals surface area contributed by atoms with Crippen molar-refractivity contribution in [2.24, 2.45) is 0 Å². The molecule has 0 bridgehead atoms. The van der Waals surface area contributed by atoms with Gasteiger partial charge in [0.1, 0.15) is 5.75 Å². The van der Waals surface area contributed by atoms with Gasteiger partial charge in [0, 0.05) is 18.2 Å². The van der Waals surface area contributed by atoms with Gasteiger partial charge in [-0.1, -0.05) is 25.1 Å². The quantitative estimate of drug-likeness (QED) is 0.569. The van der Waals surface area contributed by atoms with Crippen LogP contribution in [0, 0.1) is 0 Å². The summed E-state index contributed by atoms with van der Waals surface area (Å²) in [5.41, 5.74) is 1.19.